The summed E-state index contributed by atoms with van der Waals surface area (Å²) < 4.78 is 10.4. The molecule has 1 saturated carbocycles. The first kappa shape index (κ1) is 24.0. The van der Waals surface area contributed by atoms with Gasteiger partial charge in [-0.25, -0.2) is 0 Å². The van der Waals surface area contributed by atoms with Crippen molar-refractivity contribution in [1.82, 2.24) is 0 Å². The van der Waals surface area contributed by atoms with Crippen LogP contribution in [0.5, 0.6) is 0 Å². The van der Waals surface area contributed by atoms with E-state index in [0.717, 1.165) is 0 Å². The highest BCUT2D eigenvalue weighted by Crippen LogP contribution is 2.67. The Labute approximate surface area is 208 Å². The molecule has 0 saturated heterocycles. The van der Waals surface area contributed by atoms with Gasteiger partial charge in [-0.05, 0) is 36.6 Å². The predicted octanol–water partition coefficient (Wildman–Crippen LogP) is 1.55. The summed E-state index contributed by atoms with van der Waals surface area (Å²) in [5, 5.41) is 12.1. The van der Waals surface area contributed by atoms with E-state index >= 15 is 0 Å². The van der Waals surface area contributed by atoms with Crippen LogP contribution in [0.3, 0.4) is 0 Å². The second-order valence-electron chi connectivity index (χ2n) is 9.95. The average Bonchev–Trinajstić information content (AvgIpc) is 3.24. The van der Waals surface area contributed by atoms with Gasteiger partial charge in [0, 0.05) is 25.5 Å². The van der Waals surface area contributed by atoms with Gasteiger partial charge < -0.3 is 24.4 Å². The number of rotatable bonds is 2. The average molecular weight is 493 g/mol. The summed E-state index contributed by atoms with van der Waals surface area (Å²) in [4.78, 5) is 58.7. The lowest BCUT2D eigenvalue weighted by atomic mass is 9.42. The van der Waals surface area contributed by atoms with Crippen LogP contribution in [0.15, 0.2) is 48.5 Å². The van der Waals surface area contributed by atoms with E-state index in [1.807, 2.05) is 0 Å². The van der Waals surface area contributed by atoms with Gasteiger partial charge >= 0.3 is 11.9 Å². The lowest BCUT2D eigenvalue weighted by Gasteiger charge is -2.57. The maximum Gasteiger partial charge on any atom is 0.311 e. The summed E-state index contributed by atoms with van der Waals surface area (Å²) >= 11 is 0. The zero-order chi connectivity index (χ0) is 26.2. The number of hydrogen-bond acceptors (Lipinski definition) is 7. The van der Waals surface area contributed by atoms with E-state index in [-0.39, 0.29) is 6.42 Å². The molecule has 2 heterocycles. The monoisotopic (exact) mass is 492 g/mol. The van der Waals surface area contributed by atoms with Crippen LogP contribution in [-0.4, -0.2) is 62.8 Å². The maximum atomic E-state index is 14.4. The lowest BCUT2D eigenvalue weighted by Crippen LogP contribution is -2.74. The number of likely N-dealkylation sites (N-methyl/N-ethyl adjacent to an activating group) is 2. The second-order valence-corrected chi connectivity index (χ2v) is 9.95. The van der Waals surface area contributed by atoms with Crippen LogP contribution in [0.1, 0.15) is 24.5 Å². The topological polar surface area (TPSA) is 113 Å². The van der Waals surface area contributed by atoms with E-state index in [4.69, 9.17) is 9.47 Å². The van der Waals surface area contributed by atoms with Crippen molar-refractivity contribution < 1.29 is 33.8 Å². The van der Waals surface area contributed by atoms with E-state index in [0.29, 0.717) is 22.5 Å². The van der Waals surface area contributed by atoms with Gasteiger partial charge in [0.2, 0.25) is 11.8 Å². The van der Waals surface area contributed by atoms with Crippen molar-refractivity contribution in [2.75, 3.05) is 38.1 Å². The molecule has 1 aliphatic carbocycles. The first-order chi connectivity index (χ1) is 17.0. The summed E-state index contributed by atoms with van der Waals surface area (Å²) in [6, 6.07) is 13.7. The summed E-state index contributed by atoms with van der Waals surface area (Å²) in [5.41, 5.74) is -3.86. The van der Waals surface area contributed by atoms with Crippen LogP contribution in [-0.2, 0) is 39.5 Å². The van der Waals surface area contributed by atoms with Crippen molar-refractivity contribution in [1.29, 1.82) is 0 Å². The molecule has 9 nitrogen and oxygen atoms in total. The summed E-state index contributed by atoms with van der Waals surface area (Å²) in [6.07, 6.45) is -0.297. The van der Waals surface area contributed by atoms with Crippen LogP contribution < -0.4 is 9.80 Å². The molecule has 0 aromatic heterocycles. The van der Waals surface area contributed by atoms with Gasteiger partial charge in [0.15, 0.2) is 0 Å². The zero-order valence-electron chi connectivity index (χ0n) is 20.8. The number of nitrogens with zero attached hydrogens (tertiary/aromatic N) is 2. The molecular weight excluding hydrogens is 464 g/mol. The van der Waals surface area contributed by atoms with Crippen molar-refractivity contribution in [3.63, 3.8) is 0 Å². The van der Waals surface area contributed by atoms with Crippen molar-refractivity contribution in [3.05, 3.63) is 59.7 Å². The molecule has 5 unspecified atom stereocenters. The minimum atomic E-state index is -1.93. The number of carbonyl (C=O) groups excluding carboxylic acids is 4. The first-order valence-electron chi connectivity index (χ1n) is 11.7. The third kappa shape index (κ3) is 2.48. The SMILES string of the molecule is COC(=O)C1CC(C)(O)C2(C(=O)N(C)c3ccccc32)C(C(=O)OC)C12C(=O)N(C)c1ccccc12. The van der Waals surface area contributed by atoms with E-state index in [9.17, 15) is 24.3 Å². The molecule has 0 bridgehead atoms. The smallest absolute Gasteiger partial charge is 0.311 e. The number of para-hydroxylation sites is 2. The van der Waals surface area contributed by atoms with Crippen molar-refractivity contribution >= 4 is 35.1 Å². The molecule has 5 atom stereocenters. The molecule has 188 valence electrons. The van der Waals surface area contributed by atoms with Gasteiger partial charge in [0.25, 0.3) is 0 Å². The standard InChI is InChI=1S/C27H28N2O7/c1-25(34)14-17(21(30)35-4)26(15-10-6-8-12-18(15)28(2)23(26)32)20(22(31)36-5)27(25)16-11-7-9-13-19(16)29(3)24(27)33/h6-13,17,20,34H,14H2,1-5H3. The van der Waals surface area contributed by atoms with Crippen LogP contribution in [0, 0.1) is 11.8 Å². The Kier molecular flexibility index (Phi) is 5.09. The molecule has 2 aliphatic heterocycles. The highest BCUT2D eigenvalue weighted by molar-refractivity contribution is 6.17. The molecule has 2 amide bonds. The second kappa shape index (κ2) is 7.64. The third-order valence-corrected chi connectivity index (χ3v) is 8.51. The number of hydrogen-bond donors (Lipinski definition) is 1. The van der Waals surface area contributed by atoms with Crippen molar-refractivity contribution in [2.24, 2.45) is 11.8 Å². The molecule has 2 aromatic rings. The number of fused-ring (bicyclic) bond motifs is 4. The number of benzene rings is 2. The van der Waals surface area contributed by atoms with Gasteiger partial charge in [-0.2, -0.15) is 0 Å². The van der Waals surface area contributed by atoms with E-state index in [1.165, 1.54) is 30.9 Å². The van der Waals surface area contributed by atoms with Gasteiger partial charge in [-0.1, -0.05) is 36.4 Å². The Bertz CT molecular complexity index is 1320. The van der Waals surface area contributed by atoms with Gasteiger partial charge in [0.1, 0.15) is 10.8 Å². The van der Waals surface area contributed by atoms with Crippen molar-refractivity contribution in [3.8, 4) is 0 Å². The minimum Gasteiger partial charge on any atom is -0.469 e. The Morgan fingerprint density at radius 2 is 1.36 bits per heavy atom. The predicted molar refractivity (Wildman–Crippen MR) is 129 cm³/mol. The third-order valence-electron chi connectivity index (χ3n) is 8.51. The number of esters is 2. The van der Waals surface area contributed by atoms with E-state index < -0.39 is 52.0 Å². The highest BCUT2D eigenvalue weighted by Gasteiger charge is 2.80. The zero-order valence-corrected chi connectivity index (χ0v) is 20.8. The number of ether oxygens (including phenoxy) is 2. The Balaban J connectivity index is 1.98. The number of aliphatic hydroxyl groups is 1. The highest BCUT2D eigenvalue weighted by atomic mass is 16.5. The van der Waals surface area contributed by atoms with Gasteiger partial charge in [0.05, 0.1) is 31.7 Å². The Morgan fingerprint density at radius 3 is 1.94 bits per heavy atom. The van der Waals surface area contributed by atoms with E-state index in [2.05, 4.69) is 0 Å². The first-order valence-corrected chi connectivity index (χ1v) is 11.7. The minimum absolute atomic E-state index is 0.297. The maximum absolute atomic E-state index is 14.4. The number of amides is 2. The quantitative estimate of drug-likeness (QED) is 0.633. The number of anilines is 2. The Hall–Kier alpha value is -3.72. The van der Waals surface area contributed by atoms with Crippen LogP contribution >= 0.6 is 0 Å². The fourth-order valence-electron chi connectivity index (χ4n) is 7.09. The molecule has 5 rings (SSSR count). The summed E-state index contributed by atoms with van der Waals surface area (Å²) in [5.74, 6) is -5.56. The molecule has 2 spiro atoms. The molecule has 1 N–H and O–H groups in total. The van der Waals surface area contributed by atoms with Crippen molar-refractivity contribution in [2.45, 2.75) is 29.8 Å². The lowest BCUT2D eigenvalue weighted by molar-refractivity contribution is -0.191. The Morgan fingerprint density at radius 1 is 0.861 bits per heavy atom. The number of methoxy groups -OCH3 is 2. The molecule has 3 aliphatic rings. The molecule has 2 aromatic carbocycles. The van der Waals surface area contributed by atoms with Gasteiger partial charge in [-0.3, -0.25) is 19.2 Å². The normalized spacial score (nSPS) is 32.6. The largest absolute Gasteiger partial charge is 0.469 e. The van der Waals surface area contributed by atoms with Crippen LogP contribution in [0.25, 0.3) is 0 Å². The number of carbonyl (C=O) groups is 4. The molecule has 0 radical (unpaired) electrons. The summed E-state index contributed by atoms with van der Waals surface area (Å²) in [7, 11) is 5.50. The molecule has 9 heteroatoms. The molecule has 36 heavy (non-hydrogen) atoms. The van der Waals surface area contributed by atoms with Crippen LogP contribution in [0.4, 0.5) is 11.4 Å². The van der Waals surface area contributed by atoms with E-state index in [1.54, 1.807) is 62.6 Å². The fourth-order valence-corrected chi connectivity index (χ4v) is 7.09. The summed E-state index contributed by atoms with van der Waals surface area (Å²) in [6.45, 7) is 1.44. The van der Waals surface area contributed by atoms with Gasteiger partial charge in [-0.15, -0.1) is 0 Å². The molecular formula is C27H28N2O7. The fraction of sp³-hybridized carbons (Fsp3) is 0.407. The molecule has 1 fully saturated rings. The van der Waals surface area contributed by atoms with Crippen LogP contribution in [0.2, 0.25) is 0 Å².